The lowest BCUT2D eigenvalue weighted by molar-refractivity contribution is -0.275. The molecule has 0 radical (unpaired) electrons. The molecule has 0 spiro atoms. The molecule has 0 N–H and O–H groups in total. The topological polar surface area (TPSA) is 9.23 Å². The molecule has 1 rings (SSSR count). The number of ether oxygens (including phenoxy) is 1. The molecule has 0 amide bonds. The van der Waals surface area contributed by atoms with Crippen LogP contribution in [0.1, 0.15) is 12.0 Å². The van der Waals surface area contributed by atoms with E-state index < -0.39 is 17.9 Å². The Balaban J connectivity index is 2.89. The van der Waals surface area contributed by atoms with Crippen molar-refractivity contribution in [1.29, 1.82) is 0 Å². The standard InChI is InChI=1S/C10H9ClF4O/c11-5-1-2-7-3-4-8(12)6-9(7)16-10(13,14)15/h3-4,6H,1-2,5H2. The van der Waals surface area contributed by atoms with Crippen LogP contribution in [0.3, 0.4) is 0 Å². The van der Waals surface area contributed by atoms with E-state index in [-0.39, 0.29) is 0 Å². The molecule has 1 aromatic rings. The zero-order valence-corrected chi connectivity index (χ0v) is 8.91. The van der Waals surface area contributed by atoms with Crippen molar-refractivity contribution in [2.24, 2.45) is 0 Å². The highest BCUT2D eigenvalue weighted by atomic mass is 35.5. The first-order valence-electron chi connectivity index (χ1n) is 4.52. The first kappa shape index (κ1) is 13.1. The third-order valence-electron chi connectivity index (χ3n) is 1.83. The Hall–Kier alpha value is -0.970. The van der Waals surface area contributed by atoms with Crippen LogP contribution >= 0.6 is 11.6 Å². The largest absolute Gasteiger partial charge is 0.573 e. The van der Waals surface area contributed by atoms with Gasteiger partial charge in [-0.15, -0.1) is 24.8 Å². The second-order valence-electron chi connectivity index (χ2n) is 3.09. The summed E-state index contributed by atoms with van der Waals surface area (Å²) in [6, 6.07) is 3.08. The molecule has 0 fully saturated rings. The monoisotopic (exact) mass is 256 g/mol. The van der Waals surface area contributed by atoms with E-state index in [2.05, 4.69) is 4.74 Å². The van der Waals surface area contributed by atoms with Crippen LogP contribution in [-0.4, -0.2) is 12.2 Å². The van der Waals surface area contributed by atoms with Crippen LogP contribution in [0.5, 0.6) is 5.75 Å². The minimum atomic E-state index is -4.82. The van der Waals surface area contributed by atoms with E-state index in [0.29, 0.717) is 24.3 Å². The van der Waals surface area contributed by atoms with Crippen LogP contribution < -0.4 is 4.74 Å². The summed E-state index contributed by atoms with van der Waals surface area (Å²) in [6.45, 7) is 0. The number of alkyl halides is 4. The van der Waals surface area contributed by atoms with Crippen molar-refractivity contribution < 1.29 is 22.3 Å². The zero-order chi connectivity index (χ0) is 12.2. The molecule has 1 aromatic carbocycles. The van der Waals surface area contributed by atoms with Crippen molar-refractivity contribution in [3.8, 4) is 5.75 Å². The van der Waals surface area contributed by atoms with Gasteiger partial charge in [0, 0.05) is 11.9 Å². The second kappa shape index (κ2) is 5.39. The van der Waals surface area contributed by atoms with Crippen molar-refractivity contribution in [1.82, 2.24) is 0 Å². The van der Waals surface area contributed by atoms with Gasteiger partial charge in [0.1, 0.15) is 11.6 Å². The molecule has 0 aliphatic heterocycles. The Kier molecular flexibility index (Phi) is 4.41. The van der Waals surface area contributed by atoms with Crippen LogP contribution in [0.25, 0.3) is 0 Å². The van der Waals surface area contributed by atoms with E-state index in [9.17, 15) is 17.6 Å². The molecule has 0 aliphatic carbocycles. The van der Waals surface area contributed by atoms with Gasteiger partial charge in [0.25, 0.3) is 0 Å². The highest BCUT2D eigenvalue weighted by Crippen LogP contribution is 2.28. The molecule has 0 heterocycles. The minimum Gasteiger partial charge on any atom is -0.405 e. The molecule has 0 saturated heterocycles. The van der Waals surface area contributed by atoms with Gasteiger partial charge in [-0.1, -0.05) is 6.07 Å². The number of halogens is 5. The van der Waals surface area contributed by atoms with Crippen molar-refractivity contribution in [2.75, 3.05) is 5.88 Å². The van der Waals surface area contributed by atoms with Gasteiger partial charge in [-0.05, 0) is 24.5 Å². The average molecular weight is 257 g/mol. The fourth-order valence-corrected chi connectivity index (χ4v) is 1.35. The fraction of sp³-hybridized carbons (Fsp3) is 0.400. The molecule has 1 nitrogen and oxygen atoms in total. The van der Waals surface area contributed by atoms with Crippen molar-refractivity contribution >= 4 is 11.6 Å². The lowest BCUT2D eigenvalue weighted by Gasteiger charge is -2.12. The van der Waals surface area contributed by atoms with Crippen LogP contribution in [0.2, 0.25) is 0 Å². The van der Waals surface area contributed by atoms with Gasteiger partial charge in [0.05, 0.1) is 0 Å². The van der Waals surface area contributed by atoms with Gasteiger partial charge in [-0.25, -0.2) is 4.39 Å². The molecule has 90 valence electrons. The Bertz CT molecular complexity index is 351. The van der Waals surface area contributed by atoms with Crippen LogP contribution in [0.4, 0.5) is 17.6 Å². The number of rotatable bonds is 4. The van der Waals surface area contributed by atoms with Gasteiger partial charge in [0.2, 0.25) is 0 Å². The summed E-state index contributed by atoms with van der Waals surface area (Å²) in [5.74, 6) is -0.950. The fourth-order valence-electron chi connectivity index (χ4n) is 1.21. The molecular formula is C10H9ClF4O. The van der Waals surface area contributed by atoms with Gasteiger partial charge in [-0.2, -0.15) is 0 Å². The van der Waals surface area contributed by atoms with Gasteiger partial charge in [-0.3, -0.25) is 0 Å². The van der Waals surface area contributed by atoms with E-state index in [1.807, 2.05) is 0 Å². The molecule has 0 unspecified atom stereocenters. The predicted molar refractivity (Wildman–Crippen MR) is 52.1 cm³/mol. The quantitative estimate of drug-likeness (QED) is 0.586. The Morgan fingerprint density at radius 1 is 1.25 bits per heavy atom. The molecule has 0 aromatic heterocycles. The summed E-state index contributed by atoms with van der Waals surface area (Å²) in [4.78, 5) is 0. The summed E-state index contributed by atoms with van der Waals surface area (Å²) in [5, 5.41) is 0. The van der Waals surface area contributed by atoms with Crippen molar-refractivity contribution in [3.63, 3.8) is 0 Å². The molecule has 0 atom stereocenters. The highest BCUT2D eigenvalue weighted by Gasteiger charge is 2.32. The van der Waals surface area contributed by atoms with Gasteiger partial charge < -0.3 is 4.74 Å². The molecule has 16 heavy (non-hydrogen) atoms. The molecular weight excluding hydrogens is 248 g/mol. The summed E-state index contributed by atoms with van der Waals surface area (Å²) in [6.07, 6.45) is -4.00. The lowest BCUT2D eigenvalue weighted by atomic mass is 10.1. The van der Waals surface area contributed by atoms with Crippen LogP contribution in [-0.2, 0) is 6.42 Å². The Morgan fingerprint density at radius 2 is 1.94 bits per heavy atom. The van der Waals surface area contributed by atoms with Crippen LogP contribution in [0, 0.1) is 5.82 Å². The summed E-state index contributed by atoms with van der Waals surface area (Å²) >= 11 is 5.43. The minimum absolute atomic E-state index is 0.291. The summed E-state index contributed by atoms with van der Waals surface area (Å²) in [5.41, 5.74) is 0.291. The summed E-state index contributed by atoms with van der Waals surface area (Å²) in [7, 11) is 0. The van der Waals surface area contributed by atoms with Gasteiger partial charge >= 0.3 is 6.36 Å². The maximum absolute atomic E-state index is 12.8. The smallest absolute Gasteiger partial charge is 0.405 e. The predicted octanol–water partition coefficient (Wildman–Crippen LogP) is 3.90. The maximum Gasteiger partial charge on any atom is 0.573 e. The van der Waals surface area contributed by atoms with Gasteiger partial charge in [0.15, 0.2) is 0 Å². The third kappa shape index (κ3) is 4.26. The second-order valence-corrected chi connectivity index (χ2v) is 3.47. The number of aryl methyl sites for hydroxylation is 1. The molecule has 0 saturated carbocycles. The number of hydrogen-bond donors (Lipinski definition) is 0. The maximum atomic E-state index is 12.8. The van der Waals surface area contributed by atoms with E-state index in [1.54, 1.807) is 0 Å². The third-order valence-corrected chi connectivity index (χ3v) is 2.10. The normalized spacial score (nSPS) is 11.6. The zero-order valence-electron chi connectivity index (χ0n) is 8.15. The number of hydrogen-bond acceptors (Lipinski definition) is 1. The Morgan fingerprint density at radius 3 is 2.50 bits per heavy atom. The van der Waals surface area contributed by atoms with Crippen molar-refractivity contribution in [2.45, 2.75) is 19.2 Å². The SMILES string of the molecule is Fc1ccc(CCCCl)c(OC(F)(F)F)c1. The van der Waals surface area contributed by atoms with E-state index in [1.165, 1.54) is 6.07 Å². The molecule has 6 heteroatoms. The first-order chi connectivity index (χ1) is 7.42. The molecule has 0 aliphatic rings. The molecule has 0 bridgehead atoms. The van der Waals surface area contributed by atoms with E-state index >= 15 is 0 Å². The van der Waals surface area contributed by atoms with Crippen molar-refractivity contribution in [3.05, 3.63) is 29.6 Å². The average Bonchev–Trinajstić information content (AvgIpc) is 2.14. The first-order valence-corrected chi connectivity index (χ1v) is 5.06. The number of benzene rings is 1. The summed E-state index contributed by atoms with van der Waals surface area (Å²) < 4.78 is 52.5. The van der Waals surface area contributed by atoms with E-state index in [4.69, 9.17) is 11.6 Å². The van der Waals surface area contributed by atoms with E-state index in [0.717, 1.165) is 12.1 Å². The Labute approximate surface area is 95.0 Å². The lowest BCUT2D eigenvalue weighted by Crippen LogP contribution is -2.18. The van der Waals surface area contributed by atoms with Crippen LogP contribution in [0.15, 0.2) is 18.2 Å². The highest BCUT2D eigenvalue weighted by molar-refractivity contribution is 6.17.